The van der Waals surface area contributed by atoms with Gasteiger partial charge in [0.1, 0.15) is 0 Å². The third-order valence-corrected chi connectivity index (χ3v) is 7.45. The van der Waals surface area contributed by atoms with Gasteiger partial charge in [-0.3, -0.25) is 9.69 Å². The van der Waals surface area contributed by atoms with E-state index in [2.05, 4.69) is 93.9 Å². The molecule has 0 aliphatic rings. The smallest absolute Gasteiger partial charge is 0.252 e. The average molecular weight is 521 g/mol. The highest BCUT2D eigenvalue weighted by Crippen LogP contribution is 2.25. The Balaban J connectivity index is 1.45. The Morgan fingerprint density at radius 2 is 1.72 bits per heavy atom. The minimum absolute atomic E-state index is 0.0341. The summed E-state index contributed by atoms with van der Waals surface area (Å²) in [5.74, 6) is 0.839. The Bertz CT molecular complexity index is 1590. The first-order chi connectivity index (χ1) is 19.0. The molecule has 0 aliphatic carbocycles. The fraction of sp³-hybridized carbons (Fsp3) is 0.312. The number of pyridine rings is 1. The molecular weight excluding hydrogens is 484 g/mol. The van der Waals surface area contributed by atoms with Gasteiger partial charge < -0.3 is 4.98 Å². The van der Waals surface area contributed by atoms with Crippen LogP contribution in [0.25, 0.3) is 10.9 Å². The number of hydrogen-bond acceptors (Lipinski definition) is 5. The van der Waals surface area contributed by atoms with Crippen LogP contribution in [0, 0.1) is 13.8 Å². The van der Waals surface area contributed by atoms with Crippen LogP contribution in [0.3, 0.4) is 0 Å². The quantitative estimate of drug-likeness (QED) is 0.246. The summed E-state index contributed by atoms with van der Waals surface area (Å²) in [6.45, 7) is 8.29. The molecule has 0 saturated heterocycles. The van der Waals surface area contributed by atoms with Crippen molar-refractivity contribution >= 4 is 10.9 Å². The third kappa shape index (κ3) is 6.32. The second-order valence-electron chi connectivity index (χ2n) is 10.3. The van der Waals surface area contributed by atoms with E-state index in [-0.39, 0.29) is 11.6 Å². The molecule has 7 nitrogen and oxygen atoms in total. The van der Waals surface area contributed by atoms with Gasteiger partial charge in [-0.25, -0.2) is 4.68 Å². The van der Waals surface area contributed by atoms with Gasteiger partial charge in [0, 0.05) is 25.2 Å². The molecule has 0 saturated carbocycles. The van der Waals surface area contributed by atoms with Crippen LogP contribution in [0.1, 0.15) is 53.0 Å². The standard InChI is InChI=1S/C32H36N6O/c1-4-29(31-34-35-36-38(31)19-17-25-12-6-5-7-13-25)37(18-16-26-14-8-10-23(2)20-26)22-28-21-27-15-9-11-24(3)30(27)33-32(28)39/h5-15,20-21,29H,4,16-19,22H2,1-3H3,(H,33,39)/t29-/m0/s1. The molecule has 39 heavy (non-hydrogen) atoms. The van der Waals surface area contributed by atoms with Crippen LogP contribution in [-0.4, -0.2) is 36.6 Å². The lowest BCUT2D eigenvalue weighted by molar-refractivity contribution is 0.171. The summed E-state index contributed by atoms with van der Waals surface area (Å²) in [5, 5.41) is 13.9. The Kier molecular flexibility index (Phi) is 8.27. The monoisotopic (exact) mass is 520 g/mol. The zero-order chi connectivity index (χ0) is 27.2. The number of benzene rings is 3. The molecule has 0 amide bonds. The number of nitrogens with zero attached hydrogens (tertiary/aromatic N) is 5. The van der Waals surface area contributed by atoms with E-state index in [1.54, 1.807) is 0 Å². The molecule has 0 aliphatic heterocycles. The molecule has 5 aromatic rings. The largest absolute Gasteiger partial charge is 0.321 e. The van der Waals surface area contributed by atoms with Crippen LogP contribution >= 0.6 is 0 Å². The maximum absolute atomic E-state index is 13.2. The number of rotatable bonds is 11. The second-order valence-corrected chi connectivity index (χ2v) is 10.3. The molecule has 1 N–H and O–H groups in total. The van der Waals surface area contributed by atoms with Gasteiger partial charge >= 0.3 is 0 Å². The van der Waals surface area contributed by atoms with E-state index in [0.29, 0.717) is 13.1 Å². The van der Waals surface area contributed by atoms with E-state index in [4.69, 9.17) is 0 Å². The fourth-order valence-corrected chi connectivity index (χ4v) is 5.34. The summed E-state index contributed by atoms with van der Waals surface area (Å²) in [6.07, 6.45) is 2.54. The van der Waals surface area contributed by atoms with Gasteiger partial charge in [0.25, 0.3) is 5.56 Å². The minimum Gasteiger partial charge on any atom is -0.321 e. The molecule has 0 spiro atoms. The first-order valence-electron chi connectivity index (χ1n) is 13.7. The first-order valence-corrected chi connectivity index (χ1v) is 13.7. The number of fused-ring (bicyclic) bond motifs is 1. The summed E-state index contributed by atoms with van der Waals surface area (Å²) in [6, 6.07) is 27.1. The van der Waals surface area contributed by atoms with Crippen LogP contribution < -0.4 is 5.56 Å². The maximum Gasteiger partial charge on any atom is 0.252 e. The molecular formula is C32H36N6O. The molecule has 0 fully saturated rings. The van der Waals surface area contributed by atoms with Crippen LogP contribution in [-0.2, 0) is 25.9 Å². The van der Waals surface area contributed by atoms with E-state index in [1.807, 2.05) is 35.9 Å². The summed E-state index contributed by atoms with van der Waals surface area (Å²) in [4.78, 5) is 18.7. The molecule has 5 rings (SSSR count). The predicted molar refractivity (Wildman–Crippen MR) is 156 cm³/mol. The number of tetrazole rings is 1. The van der Waals surface area contributed by atoms with Crippen LogP contribution in [0.4, 0.5) is 0 Å². The number of H-pyrrole nitrogens is 1. The van der Waals surface area contributed by atoms with Gasteiger partial charge in [-0.05, 0) is 71.7 Å². The molecule has 200 valence electrons. The maximum atomic E-state index is 13.2. The highest BCUT2D eigenvalue weighted by molar-refractivity contribution is 5.81. The lowest BCUT2D eigenvalue weighted by atomic mass is 10.0. The Labute approximate surface area is 229 Å². The van der Waals surface area contributed by atoms with Gasteiger partial charge in [0.2, 0.25) is 0 Å². The summed E-state index contributed by atoms with van der Waals surface area (Å²) >= 11 is 0. The molecule has 0 unspecified atom stereocenters. The SMILES string of the molecule is CC[C@@H](c1nnnn1CCc1ccccc1)N(CCc1cccc(C)c1)Cc1cc2cccc(C)c2[nH]c1=O. The zero-order valence-corrected chi connectivity index (χ0v) is 23.0. The topological polar surface area (TPSA) is 79.7 Å². The summed E-state index contributed by atoms with van der Waals surface area (Å²) in [7, 11) is 0. The van der Waals surface area contributed by atoms with E-state index in [0.717, 1.165) is 53.7 Å². The number of para-hydroxylation sites is 1. The fourth-order valence-electron chi connectivity index (χ4n) is 5.34. The molecule has 0 bridgehead atoms. The number of hydrogen-bond donors (Lipinski definition) is 1. The molecule has 2 heterocycles. The van der Waals surface area contributed by atoms with Crippen molar-refractivity contribution in [3.63, 3.8) is 0 Å². The van der Waals surface area contributed by atoms with E-state index < -0.39 is 0 Å². The Morgan fingerprint density at radius 3 is 2.51 bits per heavy atom. The van der Waals surface area contributed by atoms with Crippen molar-refractivity contribution < 1.29 is 0 Å². The van der Waals surface area contributed by atoms with Gasteiger partial charge in [-0.1, -0.05) is 85.3 Å². The normalized spacial score (nSPS) is 12.3. The number of aromatic nitrogens is 5. The molecule has 7 heteroatoms. The van der Waals surface area contributed by atoms with Gasteiger partial charge in [-0.15, -0.1) is 5.10 Å². The molecule has 3 aromatic carbocycles. The average Bonchev–Trinajstić information content (AvgIpc) is 3.40. The highest BCUT2D eigenvalue weighted by atomic mass is 16.1. The second kappa shape index (κ2) is 12.2. The van der Waals surface area contributed by atoms with Crippen LogP contribution in [0.15, 0.2) is 83.7 Å². The van der Waals surface area contributed by atoms with E-state index in [1.165, 1.54) is 16.7 Å². The van der Waals surface area contributed by atoms with Gasteiger partial charge in [0.05, 0.1) is 11.6 Å². The lowest BCUT2D eigenvalue weighted by Gasteiger charge is -2.30. The third-order valence-electron chi connectivity index (χ3n) is 7.45. The van der Waals surface area contributed by atoms with Crippen LogP contribution in [0.5, 0.6) is 0 Å². The zero-order valence-electron chi connectivity index (χ0n) is 23.0. The Hall–Kier alpha value is -4.10. The van der Waals surface area contributed by atoms with Crippen molar-refractivity contribution in [3.05, 3.63) is 123 Å². The van der Waals surface area contributed by atoms with Gasteiger partial charge in [-0.2, -0.15) is 0 Å². The van der Waals surface area contributed by atoms with Crippen molar-refractivity contribution in [1.29, 1.82) is 0 Å². The van der Waals surface area contributed by atoms with Crippen molar-refractivity contribution in [1.82, 2.24) is 30.1 Å². The highest BCUT2D eigenvalue weighted by Gasteiger charge is 2.26. The minimum atomic E-state index is -0.0455. The lowest BCUT2D eigenvalue weighted by Crippen LogP contribution is -2.34. The predicted octanol–water partition coefficient (Wildman–Crippen LogP) is 5.57. The van der Waals surface area contributed by atoms with E-state index in [9.17, 15) is 4.79 Å². The molecule has 1 atom stereocenters. The Morgan fingerprint density at radius 1 is 0.923 bits per heavy atom. The van der Waals surface area contributed by atoms with E-state index >= 15 is 0 Å². The summed E-state index contributed by atoms with van der Waals surface area (Å²) in [5.41, 5.74) is 6.45. The van der Waals surface area contributed by atoms with Crippen LogP contribution in [0.2, 0.25) is 0 Å². The number of nitrogens with one attached hydrogen (secondary N) is 1. The van der Waals surface area contributed by atoms with Crippen molar-refractivity contribution in [2.45, 2.75) is 59.2 Å². The van der Waals surface area contributed by atoms with Crippen molar-refractivity contribution in [2.24, 2.45) is 0 Å². The van der Waals surface area contributed by atoms with Crippen molar-refractivity contribution in [2.75, 3.05) is 6.54 Å². The van der Waals surface area contributed by atoms with Crippen molar-refractivity contribution in [3.8, 4) is 0 Å². The number of aryl methyl sites for hydroxylation is 4. The van der Waals surface area contributed by atoms with Gasteiger partial charge in [0.15, 0.2) is 5.82 Å². The summed E-state index contributed by atoms with van der Waals surface area (Å²) < 4.78 is 1.93. The first kappa shape index (κ1) is 26.5. The number of aromatic amines is 1. The molecule has 2 aromatic heterocycles. The molecule has 0 radical (unpaired) electrons.